The number of hydrogen-bond donors (Lipinski definition) is 2. The van der Waals surface area contributed by atoms with Gasteiger partial charge in [-0.05, 0) is 75.7 Å². The molecule has 172 valence electrons. The number of carbonyl (C=O) groups is 1. The summed E-state index contributed by atoms with van der Waals surface area (Å²) in [6.45, 7) is 7.90. The number of anilines is 2. The van der Waals surface area contributed by atoms with Gasteiger partial charge in [-0.3, -0.25) is 4.79 Å². The molecule has 2 aromatic carbocycles. The van der Waals surface area contributed by atoms with Crippen LogP contribution >= 0.6 is 11.6 Å². The van der Waals surface area contributed by atoms with E-state index in [0.29, 0.717) is 34.2 Å². The summed E-state index contributed by atoms with van der Waals surface area (Å²) in [5, 5.41) is 8.13. The molecule has 0 spiro atoms. The lowest BCUT2D eigenvalue weighted by molar-refractivity contribution is 0.101. The molecule has 2 heterocycles. The molecule has 0 radical (unpaired) electrons. The van der Waals surface area contributed by atoms with E-state index in [1.54, 1.807) is 19.9 Å². The Bertz CT molecular complexity index is 1470. The SMILES string of the molecule is CCn1c(C(=O)Nc2ccc(S(=O)(=O)Nc3onc(C)c3C)cc2)c(C)c2cc(Cl)ccc21. The summed E-state index contributed by atoms with van der Waals surface area (Å²) in [5.41, 5.74) is 3.97. The molecule has 0 bridgehead atoms. The predicted molar refractivity (Wildman–Crippen MR) is 129 cm³/mol. The number of halogens is 1. The van der Waals surface area contributed by atoms with Crippen molar-refractivity contribution in [3.8, 4) is 0 Å². The van der Waals surface area contributed by atoms with Gasteiger partial charge in [0.15, 0.2) is 0 Å². The van der Waals surface area contributed by atoms with Gasteiger partial charge in [0.1, 0.15) is 5.69 Å². The number of nitrogens with one attached hydrogen (secondary N) is 2. The Morgan fingerprint density at radius 2 is 1.79 bits per heavy atom. The van der Waals surface area contributed by atoms with E-state index in [1.807, 2.05) is 30.5 Å². The fraction of sp³-hybridized carbons (Fsp3) is 0.217. The van der Waals surface area contributed by atoms with Crippen LogP contribution in [0.25, 0.3) is 10.9 Å². The van der Waals surface area contributed by atoms with E-state index in [-0.39, 0.29) is 16.7 Å². The second-order valence-electron chi connectivity index (χ2n) is 7.69. The van der Waals surface area contributed by atoms with E-state index in [1.165, 1.54) is 24.3 Å². The molecular formula is C23H23ClN4O4S. The number of fused-ring (bicyclic) bond motifs is 1. The molecule has 0 aliphatic heterocycles. The van der Waals surface area contributed by atoms with Crippen LogP contribution in [0.15, 0.2) is 51.9 Å². The molecule has 0 aliphatic carbocycles. The molecule has 2 aromatic heterocycles. The second-order valence-corrected chi connectivity index (χ2v) is 9.80. The van der Waals surface area contributed by atoms with Crippen LogP contribution in [0.2, 0.25) is 5.02 Å². The van der Waals surface area contributed by atoms with Crippen molar-refractivity contribution in [1.29, 1.82) is 0 Å². The number of carbonyl (C=O) groups excluding carboxylic acids is 1. The minimum absolute atomic E-state index is 0.0300. The molecule has 2 N–H and O–H groups in total. The van der Waals surface area contributed by atoms with Crippen LogP contribution in [0.1, 0.15) is 34.2 Å². The first-order valence-electron chi connectivity index (χ1n) is 10.3. The standard InChI is InChI=1S/C23H23ClN4O4S/c1-5-28-20-11-6-16(24)12-19(20)14(3)21(28)22(29)25-17-7-9-18(10-8-17)33(30,31)27-23-13(2)15(4)26-32-23/h6-12,27H,5H2,1-4H3,(H,25,29). The monoisotopic (exact) mass is 486 g/mol. The lowest BCUT2D eigenvalue weighted by atomic mass is 10.1. The Labute approximate surface area is 196 Å². The van der Waals surface area contributed by atoms with E-state index in [2.05, 4.69) is 15.2 Å². The summed E-state index contributed by atoms with van der Waals surface area (Å²) >= 11 is 6.14. The zero-order valence-electron chi connectivity index (χ0n) is 18.6. The molecule has 0 unspecified atom stereocenters. The maximum atomic E-state index is 13.1. The van der Waals surface area contributed by atoms with Crippen molar-refractivity contribution in [3.63, 3.8) is 0 Å². The highest BCUT2D eigenvalue weighted by Gasteiger charge is 2.21. The molecule has 1 amide bonds. The number of benzene rings is 2. The van der Waals surface area contributed by atoms with E-state index in [4.69, 9.17) is 16.1 Å². The molecular weight excluding hydrogens is 464 g/mol. The molecule has 33 heavy (non-hydrogen) atoms. The Morgan fingerprint density at radius 1 is 1.09 bits per heavy atom. The Kier molecular flexibility index (Phi) is 5.94. The molecule has 10 heteroatoms. The summed E-state index contributed by atoms with van der Waals surface area (Å²) < 4.78 is 34.7. The van der Waals surface area contributed by atoms with Crippen LogP contribution in [-0.2, 0) is 16.6 Å². The highest BCUT2D eigenvalue weighted by Crippen LogP contribution is 2.29. The topological polar surface area (TPSA) is 106 Å². The fourth-order valence-corrected chi connectivity index (χ4v) is 4.93. The number of sulfonamides is 1. The van der Waals surface area contributed by atoms with Gasteiger partial charge < -0.3 is 14.4 Å². The molecule has 4 aromatic rings. The molecule has 0 fully saturated rings. The largest absolute Gasteiger partial charge is 0.337 e. The third-order valence-electron chi connectivity index (χ3n) is 5.62. The van der Waals surface area contributed by atoms with Crippen molar-refractivity contribution in [2.24, 2.45) is 0 Å². The normalized spacial score (nSPS) is 11.7. The first-order chi connectivity index (χ1) is 15.6. The van der Waals surface area contributed by atoms with Gasteiger partial charge in [-0.15, -0.1) is 0 Å². The van der Waals surface area contributed by atoms with Gasteiger partial charge in [-0.1, -0.05) is 16.8 Å². The number of aromatic nitrogens is 2. The minimum Gasteiger partial charge on any atom is -0.337 e. The van der Waals surface area contributed by atoms with Gasteiger partial charge in [0.2, 0.25) is 5.88 Å². The van der Waals surface area contributed by atoms with Crippen LogP contribution in [-0.4, -0.2) is 24.0 Å². The molecule has 8 nitrogen and oxygen atoms in total. The fourth-order valence-electron chi connectivity index (χ4n) is 3.71. The first-order valence-corrected chi connectivity index (χ1v) is 12.1. The van der Waals surface area contributed by atoms with Crippen LogP contribution in [0.3, 0.4) is 0 Å². The molecule has 0 atom stereocenters. The van der Waals surface area contributed by atoms with Crippen molar-refractivity contribution in [1.82, 2.24) is 9.72 Å². The zero-order valence-corrected chi connectivity index (χ0v) is 20.1. The van der Waals surface area contributed by atoms with Crippen LogP contribution in [0.4, 0.5) is 11.6 Å². The number of amides is 1. The van der Waals surface area contributed by atoms with E-state index >= 15 is 0 Å². The lowest BCUT2D eigenvalue weighted by Crippen LogP contribution is -2.18. The predicted octanol–water partition coefficient (Wildman–Crippen LogP) is 5.28. The van der Waals surface area contributed by atoms with Crippen molar-refractivity contribution in [3.05, 3.63) is 70.0 Å². The third-order valence-corrected chi connectivity index (χ3v) is 7.20. The highest BCUT2D eigenvalue weighted by atomic mass is 35.5. The lowest BCUT2D eigenvalue weighted by Gasteiger charge is -2.11. The Hall–Kier alpha value is -3.30. The Morgan fingerprint density at radius 3 is 2.39 bits per heavy atom. The second kappa shape index (κ2) is 8.57. The summed E-state index contributed by atoms with van der Waals surface area (Å²) in [4.78, 5) is 13.1. The summed E-state index contributed by atoms with van der Waals surface area (Å²) in [5.74, 6) is -0.212. The summed E-state index contributed by atoms with van der Waals surface area (Å²) in [6.07, 6.45) is 0. The molecule has 4 rings (SSSR count). The zero-order chi connectivity index (χ0) is 23.9. The number of rotatable bonds is 6. The van der Waals surface area contributed by atoms with Crippen molar-refractivity contribution in [2.75, 3.05) is 10.0 Å². The highest BCUT2D eigenvalue weighted by molar-refractivity contribution is 7.92. The van der Waals surface area contributed by atoms with Crippen molar-refractivity contribution in [2.45, 2.75) is 39.1 Å². The van der Waals surface area contributed by atoms with Crippen LogP contribution in [0.5, 0.6) is 0 Å². The van der Waals surface area contributed by atoms with Gasteiger partial charge >= 0.3 is 0 Å². The van der Waals surface area contributed by atoms with E-state index in [9.17, 15) is 13.2 Å². The smallest absolute Gasteiger partial charge is 0.272 e. The van der Waals surface area contributed by atoms with Crippen LogP contribution < -0.4 is 10.0 Å². The van der Waals surface area contributed by atoms with Crippen LogP contribution in [0, 0.1) is 20.8 Å². The molecule has 0 saturated heterocycles. The average Bonchev–Trinajstić information content (AvgIpc) is 3.24. The van der Waals surface area contributed by atoms with Gasteiger partial charge in [0.05, 0.1) is 10.6 Å². The van der Waals surface area contributed by atoms with Gasteiger partial charge in [-0.25, -0.2) is 13.1 Å². The number of nitrogens with zero attached hydrogens (tertiary/aromatic N) is 2. The third kappa shape index (κ3) is 4.21. The van der Waals surface area contributed by atoms with E-state index < -0.39 is 10.0 Å². The van der Waals surface area contributed by atoms with Crippen molar-refractivity contribution < 1.29 is 17.7 Å². The van der Waals surface area contributed by atoms with Gasteiger partial charge in [-0.2, -0.15) is 0 Å². The van der Waals surface area contributed by atoms with Crippen molar-refractivity contribution >= 4 is 50.0 Å². The van der Waals surface area contributed by atoms with Gasteiger partial charge in [0, 0.05) is 33.7 Å². The summed E-state index contributed by atoms with van der Waals surface area (Å²) in [7, 11) is -3.87. The molecule has 0 saturated carbocycles. The maximum Gasteiger partial charge on any atom is 0.272 e. The minimum atomic E-state index is -3.87. The van der Waals surface area contributed by atoms with E-state index in [0.717, 1.165) is 16.5 Å². The number of hydrogen-bond acceptors (Lipinski definition) is 5. The molecule has 0 aliphatic rings. The maximum absolute atomic E-state index is 13.1. The first kappa shape index (κ1) is 22.9. The number of aryl methyl sites for hydroxylation is 3. The average molecular weight is 487 g/mol. The summed E-state index contributed by atoms with van der Waals surface area (Å²) in [6, 6.07) is 11.4. The Balaban J connectivity index is 1.58. The van der Waals surface area contributed by atoms with Gasteiger partial charge in [0.25, 0.3) is 15.9 Å². The quantitative estimate of drug-likeness (QED) is 0.385.